The Kier molecular flexibility index (Phi) is 0.898. The van der Waals surface area contributed by atoms with Crippen molar-refractivity contribution < 1.29 is 0 Å². The van der Waals surface area contributed by atoms with E-state index >= 15 is 0 Å². The first-order valence-corrected chi connectivity index (χ1v) is 4.68. The predicted octanol–water partition coefficient (Wildman–Crippen LogP) is 2.90. The Morgan fingerprint density at radius 1 is 0.800 bits per heavy atom. The maximum Gasteiger partial charge on any atom is -0.0134 e. The van der Waals surface area contributed by atoms with Gasteiger partial charge in [0.1, 0.15) is 0 Å². The van der Waals surface area contributed by atoms with E-state index in [2.05, 4.69) is 0 Å². The fraction of sp³-hybridized carbons (Fsp3) is 0.800. The molecule has 0 amide bonds. The summed E-state index contributed by atoms with van der Waals surface area (Å²) < 4.78 is 0. The lowest BCUT2D eigenvalue weighted by Crippen LogP contribution is -2.40. The maximum atomic E-state index is 1.91. The second kappa shape index (κ2) is 1.66. The highest BCUT2D eigenvalue weighted by Crippen LogP contribution is 2.58. The molecule has 0 aromatic carbocycles. The molecule has 2 atom stereocenters. The first-order valence-electron chi connectivity index (χ1n) is 4.68. The molecule has 3 aliphatic rings. The summed E-state index contributed by atoms with van der Waals surface area (Å²) >= 11 is 0. The van der Waals surface area contributed by atoms with Crippen LogP contribution in [0.4, 0.5) is 0 Å². The summed E-state index contributed by atoms with van der Waals surface area (Å²) in [4.78, 5) is 0. The number of rotatable bonds is 0. The normalized spacial score (nSPS) is 43.2. The second-order valence-electron chi connectivity index (χ2n) is 4.05. The molecule has 0 saturated heterocycles. The van der Waals surface area contributed by atoms with Gasteiger partial charge in [0.15, 0.2) is 0 Å². The molecular weight excluding hydrogens is 120 g/mol. The molecule has 54 valence electrons. The van der Waals surface area contributed by atoms with Gasteiger partial charge in [0.05, 0.1) is 0 Å². The molecule has 3 aliphatic carbocycles. The Hall–Kier alpha value is -0.260. The lowest BCUT2D eigenvalue weighted by Gasteiger charge is -2.52. The van der Waals surface area contributed by atoms with Gasteiger partial charge in [-0.2, -0.15) is 0 Å². The van der Waals surface area contributed by atoms with Crippen molar-refractivity contribution in [3.8, 4) is 0 Å². The summed E-state index contributed by atoms with van der Waals surface area (Å²) in [7, 11) is 0. The summed E-state index contributed by atoms with van der Waals surface area (Å²) in [5.41, 5.74) is 3.81. The van der Waals surface area contributed by atoms with Crippen molar-refractivity contribution in [3.05, 3.63) is 11.1 Å². The van der Waals surface area contributed by atoms with E-state index < -0.39 is 0 Å². The first-order chi connectivity index (χ1) is 4.97. The summed E-state index contributed by atoms with van der Waals surface area (Å²) in [5.74, 6) is 2.21. The molecule has 1 fully saturated rings. The zero-order valence-corrected chi connectivity index (χ0v) is 6.40. The smallest absolute Gasteiger partial charge is 0.0134 e. The van der Waals surface area contributed by atoms with E-state index in [1.165, 1.54) is 38.5 Å². The SMILES string of the molecule is C1CCC2=C(C1)C1CC[C@H]21. The molecule has 0 heteroatoms. The van der Waals surface area contributed by atoms with E-state index in [9.17, 15) is 0 Å². The monoisotopic (exact) mass is 134 g/mol. The Bertz CT molecular complexity index is 178. The van der Waals surface area contributed by atoms with Crippen LogP contribution in [0.25, 0.3) is 0 Å². The molecule has 0 aromatic rings. The Morgan fingerprint density at radius 3 is 1.70 bits per heavy atom. The Morgan fingerprint density at radius 2 is 1.30 bits per heavy atom. The number of hydrogen-bond acceptors (Lipinski definition) is 0. The van der Waals surface area contributed by atoms with Crippen molar-refractivity contribution in [1.82, 2.24) is 0 Å². The maximum absolute atomic E-state index is 1.91. The molecular formula is C10H14. The third-order valence-electron chi connectivity index (χ3n) is 3.72. The van der Waals surface area contributed by atoms with Crippen LogP contribution in [0.2, 0.25) is 0 Å². The van der Waals surface area contributed by atoms with Gasteiger partial charge in [-0.1, -0.05) is 11.1 Å². The molecule has 10 heavy (non-hydrogen) atoms. The summed E-state index contributed by atoms with van der Waals surface area (Å²) in [6.07, 6.45) is 8.98. The molecule has 0 radical (unpaired) electrons. The first kappa shape index (κ1) is 5.40. The van der Waals surface area contributed by atoms with Crippen LogP contribution in [-0.2, 0) is 0 Å². The minimum Gasteiger partial charge on any atom is -0.0670 e. The molecule has 1 saturated carbocycles. The average molecular weight is 134 g/mol. The van der Waals surface area contributed by atoms with Gasteiger partial charge >= 0.3 is 0 Å². The highest BCUT2D eigenvalue weighted by molar-refractivity contribution is 5.37. The van der Waals surface area contributed by atoms with Crippen molar-refractivity contribution in [1.29, 1.82) is 0 Å². The van der Waals surface area contributed by atoms with Crippen molar-refractivity contribution in [2.24, 2.45) is 11.8 Å². The minimum atomic E-state index is 1.11. The fourth-order valence-electron chi connectivity index (χ4n) is 3.04. The van der Waals surface area contributed by atoms with Crippen LogP contribution < -0.4 is 0 Å². The third kappa shape index (κ3) is 0.457. The molecule has 0 heterocycles. The number of fused-ring (bicyclic) bond motifs is 3. The van der Waals surface area contributed by atoms with E-state index in [-0.39, 0.29) is 0 Å². The summed E-state index contributed by atoms with van der Waals surface area (Å²) in [6.45, 7) is 0. The zero-order chi connectivity index (χ0) is 6.55. The van der Waals surface area contributed by atoms with Crippen molar-refractivity contribution in [2.45, 2.75) is 38.5 Å². The van der Waals surface area contributed by atoms with Crippen LogP contribution >= 0.6 is 0 Å². The van der Waals surface area contributed by atoms with Crippen LogP contribution in [0.15, 0.2) is 11.1 Å². The molecule has 0 spiro atoms. The van der Waals surface area contributed by atoms with Crippen LogP contribution in [0.1, 0.15) is 38.5 Å². The van der Waals surface area contributed by atoms with E-state index in [1.807, 2.05) is 11.1 Å². The largest absolute Gasteiger partial charge is 0.0670 e. The molecule has 0 aromatic heterocycles. The topological polar surface area (TPSA) is 0 Å². The second-order valence-corrected chi connectivity index (χ2v) is 4.05. The van der Waals surface area contributed by atoms with E-state index in [0.717, 1.165) is 11.8 Å². The number of allylic oxidation sites excluding steroid dienone is 2. The standard InChI is InChI=1S/C10H14/c1-2-4-8-7(3-1)9-5-6-10(8)9/h9-10H,1-6H2/t9-,10?/m1/s1. The Balaban J connectivity index is 1.95. The van der Waals surface area contributed by atoms with Crippen molar-refractivity contribution >= 4 is 0 Å². The van der Waals surface area contributed by atoms with Gasteiger partial charge < -0.3 is 0 Å². The van der Waals surface area contributed by atoms with Crippen molar-refractivity contribution in [2.75, 3.05) is 0 Å². The third-order valence-corrected chi connectivity index (χ3v) is 3.72. The highest BCUT2D eigenvalue weighted by atomic mass is 14.5. The highest BCUT2D eigenvalue weighted by Gasteiger charge is 2.45. The lowest BCUT2D eigenvalue weighted by atomic mass is 9.53. The molecule has 0 nitrogen and oxygen atoms in total. The van der Waals surface area contributed by atoms with Crippen LogP contribution in [0.3, 0.4) is 0 Å². The molecule has 0 N–H and O–H groups in total. The number of hydrogen-bond donors (Lipinski definition) is 0. The van der Waals surface area contributed by atoms with Gasteiger partial charge in [-0.15, -0.1) is 0 Å². The summed E-state index contributed by atoms with van der Waals surface area (Å²) in [5, 5.41) is 0. The molecule has 3 rings (SSSR count). The van der Waals surface area contributed by atoms with Gasteiger partial charge in [0, 0.05) is 0 Å². The zero-order valence-electron chi connectivity index (χ0n) is 6.40. The lowest BCUT2D eigenvalue weighted by molar-refractivity contribution is 0.178. The quantitative estimate of drug-likeness (QED) is 0.447. The van der Waals surface area contributed by atoms with Gasteiger partial charge in [-0.25, -0.2) is 0 Å². The van der Waals surface area contributed by atoms with E-state index in [4.69, 9.17) is 0 Å². The van der Waals surface area contributed by atoms with Crippen LogP contribution in [0.5, 0.6) is 0 Å². The Labute approximate surface area is 62.3 Å². The molecule has 1 unspecified atom stereocenters. The van der Waals surface area contributed by atoms with Gasteiger partial charge in [0.2, 0.25) is 0 Å². The predicted molar refractivity (Wildman–Crippen MR) is 41.7 cm³/mol. The molecule has 0 aliphatic heterocycles. The van der Waals surface area contributed by atoms with Crippen LogP contribution in [0, 0.1) is 11.8 Å². The van der Waals surface area contributed by atoms with Gasteiger partial charge in [0.25, 0.3) is 0 Å². The van der Waals surface area contributed by atoms with Crippen LogP contribution in [-0.4, -0.2) is 0 Å². The van der Waals surface area contributed by atoms with Crippen molar-refractivity contribution in [3.63, 3.8) is 0 Å². The van der Waals surface area contributed by atoms with Gasteiger partial charge in [-0.05, 0) is 50.4 Å². The minimum absolute atomic E-state index is 1.11. The fourth-order valence-corrected chi connectivity index (χ4v) is 3.04. The van der Waals surface area contributed by atoms with E-state index in [0.29, 0.717) is 0 Å². The average Bonchev–Trinajstić information content (AvgIpc) is 1.90. The van der Waals surface area contributed by atoms with E-state index in [1.54, 1.807) is 0 Å². The van der Waals surface area contributed by atoms with Gasteiger partial charge in [-0.3, -0.25) is 0 Å². The molecule has 0 bridgehead atoms. The summed E-state index contributed by atoms with van der Waals surface area (Å²) in [6, 6.07) is 0.